The van der Waals surface area contributed by atoms with Crippen LogP contribution in [0.15, 0.2) is 54.6 Å². The van der Waals surface area contributed by atoms with Crippen LogP contribution in [0.3, 0.4) is 0 Å². The molecule has 0 atom stereocenters. The van der Waals surface area contributed by atoms with Crippen LogP contribution in [0.5, 0.6) is 0 Å². The van der Waals surface area contributed by atoms with Crippen LogP contribution in [0.4, 0.5) is 0 Å². The zero-order chi connectivity index (χ0) is 14.2. The highest BCUT2D eigenvalue weighted by Gasteiger charge is 2.33. The molecule has 0 aliphatic carbocycles. The first kappa shape index (κ1) is 13.6. The van der Waals surface area contributed by atoms with Gasteiger partial charge in [-0.05, 0) is 50.6 Å². The molecule has 2 aromatic heterocycles. The maximum absolute atomic E-state index is 2.35. The lowest BCUT2D eigenvalue weighted by Gasteiger charge is -2.28. The summed E-state index contributed by atoms with van der Waals surface area (Å²) in [6, 6.07) is 19.8. The minimum Gasteiger partial charge on any atom is -0.144 e. The molecular formula is C18H18S2. The molecule has 0 spiro atoms. The Bertz CT molecular complexity index is 664. The molecule has 0 aliphatic rings. The number of hydrogen-bond donors (Lipinski definition) is 0. The van der Waals surface area contributed by atoms with Gasteiger partial charge >= 0.3 is 0 Å². The molecule has 0 nitrogen and oxygen atoms in total. The van der Waals surface area contributed by atoms with E-state index in [4.69, 9.17) is 0 Å². The second-order valence-corrected chi connectivity index (χ2v) is 7.89. The molecule has 20 heavy (non-hydrogen) atoms. The first-order chi connectivity index (χ1) is 9.60. The minimum atomic E-state index is -0.0425. The Hall–Kier alpha value is -1.38. The van der Waals surface area contributed by atoms with Crippen molar-refractivity contribution in [3.05, 3.63) is 79.7 Å². The predicted molar refractivity (Wildman–Crippen MR) is 90.1 cm³/mol. The molecule has 0 aliphatic heterocycles. The average Bonchev–Trinajstić information content (AvgIpc) is 3.08. The van der Waals surface area contributed by atoms with Crippen molar-refractivity contribution in [1.82, 2.24) is 0 Å². The summed E-state index contributed by atoms with van der Waals surface area (Å²) < 4.78 is 0. The average molecular weight is 298 g/mol. The van der Waals surface area contributed by atoms with Crippen LogP contribution >= 0.6 is 22.7 Å². The van der Waals surface area contributed by atoms with E-state index in [1.165, 1.54) is 25.1 Å². The van der Waals surface area contributed by atoms with E-state index in [1.54, 1.807) is 0 Å². The number of hydrogen-bond acceptors (Lipinski definition) is 2. The highest BCUT2D eigenvalue weighted by Crippen LogP contribution is 2.44. The van der Waals surface area contributed by atoms with Crippen molar-refractivity contribution in [2.45, 2.75) is 26.2 Å². The maximum atomic E-state index is 2.35. The molecular weight excluding hydrogens is 280 g/mol. The van der Waals surface area contributed by atoms with Gasteiger partial charge in [0.2, 0.25) is 0 Å². The quantitative estimate of drug-likeness (QED) is 0.575. The molecule has 0 saturated carbocycles. The van der Waals surface area contributed by atoms with Crippen molar-refractivity contribution in [3.8, 4) is 0 Å². The van der Waals surface area contributed by atoms with Crippen molar-refractivity contribution in [2.24, 2.45) is 0 Å². The summed E-state index contributed by atoms with van der Waals surface area (Å²) in [4.78, 5) is 5.58. The van der Waals surface area contributed by atoms with Gasteiger partial charge in [0, 0.05) is 19.5 Å². The molecule has 3 rings (SSSR count). The van der Waals surface area contributed by atoms with Gasteiger partial charge in [0.25, 0.3) is 0 Å². The van der Waals surface area contributed by atoms with Crippen LogP contribution in [0.1, 0.15) is 32.0 Å². The van der Waals surface area contributed by atoms with E-state index in [2.05, 4.69) is 75.4 Å². The molecule has 0 bridgehead atoms. The number of thiophene rings is 2. The molecule has 0 N–H and O–H groups in total. The third-order valence-corrected chi connectivity index (χ3v) is 6.26. The van der Waals surface area contributed by atoms with Crippen LogP contribution < -0.4 is 0 Å². The van der Waals surface area contributed by atoms with Crippen molar-refractivity contribution in [3.63, 3.8) is 0 Å². The summed E-state index contributed by atoms with van der Waals surface area (Å²) >= 11 is 3.80. The Morgan fingerprint density at radius 3 is 1.60 bits per heavy atom. The lowest BCUT2D eigenvalue weighted by atomic mass is 9.79. The Labute approximate surface area is 128 Å². The SMILES string of the molecule is Cc1ccc(C(C)(c2ccccc2)c2ccc(C)s2)s1. The standard InChI is InChI=1S/C18H18S2/c1-13-9-11-16(19-13)18(3,15-7-5-4-6-8-15)17-12-10-14(2)20-17/h4-12H,1-3H3. The van der Waals surface area contributed by atoms with Gasteiger partial charge in [-0.1, -0.05) is 30.3 Å². The van der Waals surface area contributed by atoms with E-state index in [9.17, 15) is 0 Å². The van der Waals surface area contributed by atoms with Gasteiger partial charge in [-0.2, -0.15) is 0 Å². The summed E-state index contributed by atoms with van der Waals surface area (Å²) in [5, 5.41) is 0. The van der Waals surface area contributed by atoms with Crippen molar-refractivity contribution in [2.75, 3.05) is 0 Å². The van der Waals surface area contributed by atoms with E-state index in [0.29, 0.717) is 0 Å². The van der Waals surface area contributed by atoms with E-state index in [0.717, 1.165) is 0 Å². The molecule has 0 amide bonds. The fourth-order valence-electron chi connectivity index (χ4n) is 2.58. The van der Waals surface area contributed by atoms with Crippen molar-refractivity contribution in [1.29, 1.82) is 0 Å². The highest BCUT2D eigenvalue weighted by molar-refractivity contribution is 7.13. The predicted octanol–water partition coefficient (Wildman–Crippen LogP) is 5.78. The maximum Gasteiger partial charge on any atom is 0.0610 e. The van der Waals surface area contributed by atoms with Crippen LogP contribution in [-0.2, 0) is 5.41 Å². The van der Waals surface area contributed by atoms with Gasteiger partial charge in [-0.25, -0.2) is 0 Å². The summed E-state index contributed by atoms with van der Waals surface area (Å²) in [7, 11) is 0. The van der Waals surface area contributed by atoms with Crippen LogP contribution in [0.2, 0.25) is 0 Å². The van der Waals surface area contributed by atoms with Gasteiger partial charge < -0.3 is 0 Å². The second-order valence-electron chi connectivity index (χ2n) is 5.31. The molecule has 0 saturated heterocycles. The zero-order valence-corrected chi connectivity index (χ0v) is 13.6. The second kappa shape index (κ2) is 5.19. The monoisotopic (exact) mass is 298 g/mol. The molecule has 2 heteroatoms. The van der Waals surface area contributed by atoms with Gasteiger partial charge in [0.15, 0.2) is 0 Å². The van der Waals surface area contributed by atoms with E-state index < -0.39 is 0 Å². The van der Waals surface area contributed by atoms with Gasteiger partial charge in [0.05, 0.1) is 5.41 Å². The van der Waals surface area contributed by atoms with Crippen LogP contribution in [0.25, 0.3) is 0 Å². The molecule has 1 aromatic carbocycles. The fourth-order valence-corrected chi connectivity index (χ4v) is 4.75. The first-order valence-electron chi connectivity index (χ1n) is 6.80. The Balaban J connectivity index is 2.22. The lowest BCUT2D eigenvalue weighted by molar-refractivity contribution is 0.726. The highest BCUT2D eigenvalue weighted by atomic mass is 32.1. The number of benzene rings is 1. The van der Waals surface area contributed by atoms with E-state index >= 15 is 0 Å². The first-order valence-corrected chi connectivity index (χ1v) is 8.43. The number of rotatable bonds is 3. The molecule has 2 heterocycles. The topological polar surface area (TPSA) is 0 Å². The van der Waals surface area contributed by atoms with Crippen molar-refractivity contribution < 1.29 is 0 Å². The lowest BCUT2D eigenvalue weighted by Crippen LogP contribution is -2.22. The minimum absolute atomic E-state index is 0.0425. The molecule has 0 fully saturated rings. The summed E-state index contributed by atoms with van der Waals surface area (Å²) in [5.41, 5.74) is 1.32. The third-order valence-electron chi connectivity index (χ3n) is 3.82. The largest absolute Gasteiger partial charge is 0.144 e. The molecule has 3 aromatic rings. The van der Waals surface area contributed by atoms with Crippen LogP contribution in [0, 0.1) is 13.8 Å². The molecule has 0 unspecified atom stereocenters. The van der Waals surface area contributed by atoms with Gasteiger partial charge in [0.1, 0.15) is 0 Å². The fraction of sp³-hybridized carbons (Fsp3) is 0.222. The smallest absolute Gasteiger partial charge is 0.0610 e. The Morgan fingerprint density at radius 2 is 1.20 bits per heavy atom. The van der Waals surface area contributed by atoms with E-state index in [1.807, 2.05) is 22.7 Å². The Kier molecular flexibility index (Phi) is 3.53. The summed E-state index contributed by atoms with van der Waals surface area (Å²) in [6.45, 7) is 6.71. The number of aryl methyl sites for hydroxylation is 2. The summed E-state index contributed by atoms with van der Waals surface area (Å²) in [5.74, 6) is 0. The Morgan fingerprint density at radius 1 is 0.700 bits per heavy atom. The van der Waals surface area contributed by atoms with Gasteiger partial charge in [-0.15, -0.1) is 22.7 Å². The molecule has 102 valence electrons. The normalized spacial score (nSPS) is 11.8. The summed E-state index contributed by atoms with van der Waals surface area (Å²) in [6.07, 6.45) is 0. The molecule has 0 radical (unpaired) electrons. The van der Waals surface area contributed by atoms with Crippen molar-refractivity contribution >= 4 is 22.7 Å². The van der Waals surface area contributed by atoms with E-state index in [-0.39, 0.29) is 5.41 Å². The van der Waals surface area contributed by atoms with Crippen LogP contribution in [-0.4, -0.2) is 0 Å². The van der Waals surface area contributed by atoms with Gasteiger partial charge in [-0.3, -0.25) is 0 Å². The zero-order valence-electron chi connectivity index (χ0n) is 12.0. The third kappa shape index (κ3) is 2.23.